The number of alkyl halides is 3. The van der Waals surface area contributed by atoms with Crippen LogP contribution in [-0.4, -0.2) is 29.3 Å². The Kier molecular flexibility index (Phi) is 6.13. The van der Waals surface area contributed by atoms with Crippen molar-refractivity contribution in [2.75, 3.05) is 0 Å². The second-order valence-corrected chi connectivity index (χ2v) is 8.96. The zero-order valence-corrected chi connectivity index (χ0v) is 19.4. The summed E-state index contributed by atoms with van der Waals surface area (Å²) in [6, 6.07) is 18.5. The zero-order chi connectivity index (χ0) is 24.7. The SMILES string of the molecule is O=C1C=C(c2ccc(Oc3ccccc3)cc2)NC2C(c3ccc(Cl)c(Cl)c3)C(C(F)(F)F)NN12. The van der Waals surface area contributed by atoms with E-state index >= 15 is 0 Å². The van der Waals surface area contributed by atoms with Crippen molar-refractivity contribution in [3.8, 4) is 11.5 Å². The van der Waals surface area contributed by atoms with Crippen molar-refractivity contribution in [1.82, 2.24) is 15.8 Å². The topological polar surface area (TPSA) is 53.6 Å². The number of hydrogen-bond acceptors (Lipinski definition) is 4. The molecule has 0 radical (unpaired) electrons. The van der Waals surface area contributed by atoms with Crippen LogP contribution in [0.25, 0.3) is 5.70 Å². The summed E-state index contributed by atoms with van der Waals surface area (Å²) in [5.74, 6) is -0.512. The highest BCUT2D eigenvalue weighted by Crippen LogP contribution is 2.42. The lowest BCUT2D eigenvalue weighted by Crippen LogP contribution is -2.53. The first kappa shape index (κ1) is 23.5. The van der Waals surface area contributed by atoms with Gasteiger partial charge in [0.2, 0.25) is 0 Å². The van der Waals surface area contributed by atoms with Gasteiger partial charge in [0, 0.05) is 11.8 Å². The molecular weight excluding hydrogens is 502 g/mol. The molecule has 2 aliphatic heterocycles. The molecule has 0 aliphatic carbocycles. The van der Waals surface area contributed by atoms with Crippen LogP contribution in [0, 0.1) is 0 Å². The maximum Gasteiger partial charge on any atom is 0.406 e. The Morgan fingerprint density at radius 3 is 2.23 bits per heavy atom. The molecule has 0 aromatic heterocycles. The summed E-state index contributed by atoms with van der Waals surface area (Å²) < 4.78 is 47.7. The molecule has 3 unspecified atom stereocenters. The van der Waals surface area contributed by atoms with E-state index in [0.29, 0.717) is 28.3 Å². The number of halogens is 5. The van der Waals surface area contributed by atoms with Crippen LogP contribution in [0.3, 0.4) is 0 Å². The van der Waals surface area contributed by atoms with Crippen LogP contribution in [0.15, 0.2) is 78.9 Å². The molecule has 2 heterocycles. The van der Waals surface area contributed by atoms with Gasteiger partial charge in [-0.05, 0) is 59.7 Å². The van der Waals surface area contributed by atoms with Gasteiger partial charge in [-0.3, -0.25) is 9.80 Å². The molecule has 1 amide bonds. The van der Waals surface area contributed by atoms with E-state index in [2.05, 4.69) is 10.7 Å². The Balaban J connectivity index is 1.44. The van der Waals surface area contributed by atoms with E-state index in [1.54, 1.807) is 24.3 Å². The van der Waals surface area contributed by atoms with Gasteiger partial charge in [0.25, 0.3) is 5.91 Å². The van der Waals surface area contributed by atoms with E-state index in [0.717, 1.165) is 5.01 Å². The largest absolute Gasteiger partial charge is 0.457 e. The number of ether oxygens (including phenoxy) is 1. The van der Waals surface area contributed by atoms with Gasteiger partial charge in [-0.1, -0.05) is 47.5 Å². The van der Waals surface area contributed by atoms with Crippen LogP contribution in [0.2, 0.25) is 10.0 Å². The molecule has 0 saturated carbocycles. The van der Waals surface area contributed by atoms with E-state index in [4.69, 9.17) is 27.9 Å². The van der Waals surface area contributed by atoms with Gasteiger partial charge in [-0.2, -0.15) is 13.2 Å². The normalized spacial score (nSPS) is 21.9. The summed E-state index contributed by atoms with van der Waals surface area (Å²) >= 11 is 12.1. The van der Waals surface area contributed by atoms with Crippen molar-refractivity contribution in [1.29, 1.82) is 0 Å². The Labute approximate surface area is 209 Å². The highest BCUT2D eigenvalue weighted by molar-refractivity contribution is 6.42. The number of fused-ring (bicyclic) bond motifs is 1. The summed E-state index contributed by atoms with van der Waals surface area (Å²) in [7, 11) is 0. The minimum Gasteiger partial charge on any atom is -0.457 e. The first-order valence-electron chi connectivity index (χ1n) is 10.6. The van der Waals surface area contributed by atoms with Crippen molar-refractivity contribution in [3.63, 3.8) is 0 Å². The number of hydrogen-bond donors (Lipinski definition) is 2. The lowest BCUT2D eigenvalue weighted by Gasteiger charge is -2.33. The molecule has 2 N–H and O–H groups in total. The van der Waals surface area contributed by atoms with Crippen LogP contribution in [0.1, 0.15) is 17.0 Å². The average Bonchev–Trinajstić information content (AvgIpc) is 3.23. The van der Waals surface area contributed by atoms with Crippen molar-refractivity contribution >= 4 is 34.8 Å². The monoisotopic (exact) mass is 519 g/mol. The highest BCUT2D eigenvalue weighted by atomic mass is 35.5. The summed E-state index contributed by atoms with van der Waals surface area (Å²) in [5.41, 5.74) is 3.66. The zero-order valence-electron chi connectivity index (χ0n) is 17.9. The summed E-state index contributed by atoms with van der Waals surface area (Å²) in [4.78, 5) is 12.8. The minimum atomic E-state index is -4.62. The van der Waals surface area contributed by atoms with Crippen molar-refractivity contribution in [2.45, 2.75) is 24.3 Å². The molecule has 3 aromatic carbocycles. The molecule has 10 heteroatoms. The van der Waals surface area contributed by atoms with Crippen LogP contribution in [0.5, 0.6) is 11.5 Å². The molecule has 180 valence electrons. The predicted octanol–water partition coefficient (Wildman–Crippen LogP) is 6.12. The fraction of sp³-hybridized carbons (Fsp3) is 0.160. The Morgan fingerprint density at radius 1 is 0.886 bits per heavy atom. The third-order valence-corrected chi connectivity index (χ3v) is 6.63. The molecule has 0 bridgehead atoms. The number of rotatable bonds is 4. The van der Waals surface area contributed by atoms with Gasteiger partial charge < -0.3 is 10.1 Å². The summed E-state index contributed by atoms with van der Waals surface area (Å²) in [5, 5.41) is 4.44. The number of carbonyl (C=O) groups excluding carboxylic acids is 1. The fourth-order valence-corrected chi connectivity index (χ4v) is 4.57. The molecular formula is C25H18Cl2F3N3O2. The smallest absolute Gasteiger partial charge is 0.406 e. The molecule has 1 saturated heterocycles. The van der Waals surface area contributed by atoms with E-state index in [1.165, 1.54) is 24.3 Å². The molecule has 3 atom stereocenters. The molecule has 2 aliphatic rings. The van der Waals surface area contributed by atoms with E-state index < -0.39 is 30.2 Å². The van der Waals surface area contributed by atoms with Crippen LogP contribution < -0.4 is 15.5 Å². The molecule has 0 spiro atoms. The first-order valence-corrected chi connectivity index (χ1v) is 11.4. The molecule has 3 aromatic rings. The number of carbonyl (C=O) groups is 1. The number of amides is 1. The Bertz CT molecular complexity index is 1280. The van der Waals surface area contributed by atoms with E-state index in [-0.39, 0.29) is 10.0 Å². The van der Waals surface area contributed by atoms with Crippen molar-refractivity contribution < 1.29 is 22.7 Å². The van der Waals surface area contributed by atoms with Gasteiger partial charge in [0.05, 0.1) is 16.0 Å². The molecule has 1 fully saturated rings. The fourth-order valence-electron chi connectivity index (χ4n) is 4.27. The first-order chi connectivity index (χ1) is 16.7. The quantitative estimate of drug-likeness (QED) is 0.436. The number of benzene rings is 3. The summed E-state index contributed by atoms with van der Waals surface area (Å²) in [6.07, 6.45) is -4.36. The van der Waals surface area contributed by atoms with Gasteiger partial charge >= 0.3 is 6.18 Å². The molecule has 35 heavy (non-hydrogen) atoms. The number of nitrogens with zero attached hydrogens (tertiary/aromatic N) is 1. The Morgan fingerprint density at radius 2 is 1.57 bits per heavy atom. The van der Waals surface area contributed by atoms with Crippen molar-refractivity contribution in [3.05, 3.63) is 100 Å². The number of hydrazine groups is 1. The Hall–Kier alpha value is -3.20. The van der Waals surface area contributed by atoms with Gasteiger partial charge in [-0.25, -0.2) is 5.43 Å². The van der Waals surface area contributed by atoms with Gasteiger partial charge in [0.15, 0.2) is 0 Å². The minimum absolute atomic E-state index is 0.135. The lowest BCUT2D eigenvalue weighted by atomic mass is 9.89. The molecule has 5 rings (SSSR count). The summed E-state index contributed by atoms with van der Waals surface area (Å²) in [6.45, 7) is 0. The van der Waals surface area contributed by atoms with Crippen LogP contribution >= 0.6 is 23.2 Å². The standard InChI is InChI=1S/C25H18Cl2F3N3O2/c26-18-11-8-15(12-19(18)27)22-23(25(28,29)30)32-33-21(34)13-20(31-24(22)33)14-6-9-17(10-7-14)35-16-4-2-1-3-5-16/h1-13,22-24,31-32H. The highest BCUT2D eigenvalue weighted by Gasteiger charge is 2.57. The predicted molar refractivity (Wildman–Crippen MR) is 127 cm³/mol. The van der Waals surface area contributed by atoms with E-state index in [1.807, 2.05) is 30.3 Å². The molecule has 5 nitrogen and oxygen atoms in total. The van der Waals surface area contributed by atoms with E-state index in [9.17, 15) is 18.0 Å². The third-order valence-electron chi connectivity index (χ3n) is 5.89. The second kappa shape index (κ2) is 9.11. The number of nitrogens with one attached hydrogen (secondary N) is 2. The van der Waals surface area contributed by atoms with Crippen molar-refractivity contribution in [2.24, 2.45) is 0 Å². The van der Waals surface area contributed by atoms with Gasteiger partial charge in [-0.15, -0.1) is 0 Å². The maximum atomic E-state index is 14.0. The van der Waals surface area contributed by atoms with Crippen LogP contribution in [-0.2, 0) is 4.79 Å². The average molecular weight is 520 g/mol. The van der Waals surface area contributed by atoms with Crippen LogP contribution in [0.4, 0.5) is 13.2 Å². The lowest BCUT2D eigenvalue weighted by molar-refractivity contribution is -0.161. The maximum absolute atomic E-state index is 14.0. The second-order valence-electron chi connectivity index (χ2n) is 8.14. The third kappa shape index (κ3) is 4.69. The number of para-hydroxylation sites is 1. The van der Waals surface area contributed by atoms with Gasteiger partial charge in [0.1, 0.15) is 23.7 Å².